The van der Waals surface area contributed by atoms with Crippen molar-refractivity contribution in [2.45, 2.75) is 62.4 Å². The van der Waals surface area contributed by atoms with E-state index in [1.165, 1.54) is 48.6 Å². The van der Waals surface area contributed by atoms with Crippen molar-refractivity contribution in [2.24, 2.45) is 11.8 Å². The van der Waals surface area contributed by atoms with Crippen LogP contribution in [0.4, 0.5) is 0 Å². The van der Waals surface area contributed by atoms with Crippen molar-refractivity contribution in [3.63, 3.8) is 0 Å². The van der Waals surface area contributed by atoms with Crippen molar-refractivity contribution in [3.05, 3.63) is 77.6 Å². The van der Waals surface area contributed by atoms with Crippen molar-refractivity contribution in [1.29, 1.82) is 0 Å². The number of aromatic hydroxyl groups is 3. The van der Waals surface area contributed by atoms with E-state index in [1.807, 2.05) is 0 Å². The third kappa shape index (κ3) is 8.04. The first kappa shape index (κ1) is 35.4. The van der Waals surface area contributed by atoms with E-state index in [0.29, 0.717) is 11.1 Å². The highest BCUT2D eigenvalue weighted by molar-refractivity contribution is 5.88. The number of hydrogen-bond acceptors (Lipinski definition) is 14. The maximum absolute atomic E-state index is 12.9. The molecule has 7 N–H and O–H groups in total. The third-order valence-electron chi connectivity index (χ3n) is 8.74. The second kappa shape index (κ2) is 14.7. The van der Waals surface area contributed by atoms with Gasteiger partial charge in [-0.2, -0.15) is 0 Å². The van der Waals surface area contributed by atoms with Gasteiger partial charge < -0.3 is 59.4 Å². The second-order valence-corrected chi connectivity index (χ2v) is 12.1. The molecule has 2 heterocycles. The Labute approximate surface area is 279 Å². The highest BCUT2D eigenvalue weighted by atomic mass is 16.8. The van der Waals surface area contributed by atoms with Crippen LogP contribution in [0.25, 0.3) is 12.2 Å². The molecule has 1 saturated heterocycles. The summed E-state index contributed by atoms with van der Waals surface area (Å²) in [6.07, 6.45) is -3.28. The van der Waals surface area contributed by atoms with E-state index >= 15 is 0 Å². The van der Waals surface area contributed by atoms with Crippen LogP contribution in [0.2, 0.25) is 0 Å². The lowest BCUT2D eigenvalue weighted by Gasteiger charge is -2.44. The largest absolute Gasteiger partial charge is 0.508 e. The molecule has 0 unspecified atom stereocenters. The van der Waals surface area contributed by atoms with Gasteiger partial charge in [0.2, 0.25) is 6.29 Å². The van der Waals surface area contributed by atoms with Gasteiger partial charge in [-0.3, -0.25) is 0 Å². The molecule has 49 heavy (non-hydrogen) atoms. The van der Waals surface area contributed by atoms with Gasteiger partial charge in [0.15, 0.2) is 17.8 Å². The van der Waals surface area contributed by atoms with Crippen molar-refractivity contribution in [2.75, 3.05) is 6.61 Å². The Bertz CT molecular complexity index is 1630. The summed E-state index contributed by atoms with van der Waals surface area (Å²) in [4.78, 5) is 37.3. The van der Waals surface area contributed by atoms with Gasteiger partial charge in [0.05, 0.1) is 17.8 Å². The van der Waals surface area contributed by atoms with E-state index in [9.17, 15) is 50.1 Å². The number of aliphatic hydroxyl groups excluding tert-OH is 3. The number of rotatable bonds is 10. The van der Waals surface area contributed by atoms with E-state index in [2.05, 4.69) is 0 Å². The molecule has 5 rings (SSSR count). The van der Waals surface area contributed by atoms with Gasteiger partial charge in [-0.1, -0.05) is 18.2 Å². The molecule has 0 spiro atoms. The Hall–Kier alpha value is -4.93. The molecule has 3 aliphatic rings. The van der Waals surface area contributed by atoms with E-state index in [0.717, 1.165) is 12.3 Å². The van der Waals surface area contributed by atoms with Crippen molar-refractivity contribution in [3.8, 4) is 17.2 Å². The molecule has 0 aromatic heterocycles. The first-order valence-corrected chi connectivity index (χ1v) is 15.3. The molecule has 0 bridgehead atoms. The molecule has 2 aromatic rings. The summed E-state index contributed by atoms with van der Waals surface area (Å²) in [5.41, 5.74) is -0.420. The minimum absolute atomic E-state index is 0.0537. The molecule has 0 amide bonds. The van der Waals surface area contributed by atoms with Crippen LogP contribution in [-0.2, 0) is 38.1 Å². The molecule has 1 aliphatic carbocycles. The second-order valence-electron chi connectivity index (χ2n) is 12.1. The first-order chi connectivity index (χ1) is 23.3. The van der Waals surface area contributed by atoms with E-state index in [4.69, 9.17) is 23.7 Å². The fraction of sp³-hybridized carbons (Fsp3) is 0.382. The fourth-order valence-corrected chi connectivity index (χ4v) is 6.13. The molecule has 2 fully saturated rings. The quantitative estimate of drug-likeness (QED) is 0.107. The number of carbonyl (C=O) groups excluding carboxylic acids is 2. The third-order valence-corrected chi connectivity index (χ3v) is 8.74. The topological polar surface area (TPSA) is 239 Å². The number of esters is 2. The average molecular weight is 685 g/mol. The van der Waals surface area contributed by atoms with Crippen LogP contribution in [0, 0.1) is 11.8 Å². The first-order valence-electron chi connectivity index (χ1n) is 15.3. The predicted molar refractivity (Wildman–Crippen MR) is 166 cm³/mol. The summed E-state index contributed by atoms with van der Waals surface area (Å²) in [6, 6.07) is 9.95. The summed E-state index contributed by atoms with van der Waals surface area (Å²) in [5, 5.41) is 70.2. The predicted octanol–water partition coefficient (Wildman–Crippen LogP) is 1.55. The Morgan fingerprint density at radius 2 is 1.55 bits per heavy atom. The number of hydrogen-bond donors (Lipinski definition) is 7. The van der Waals surface area contributed by atoms with Crippen LogP contribution in [-0.4, -0.2) is 103 Å². The lowest BCUT2D eigenvalue weighted by molar-refractivity contribution is -0.346. The van der Waals surface area contributed by atoms with E-state index in [1.54, 1.807) is 19.1 Å². The number of carboxylic acids is 1. The van der Waals surface area contributed by atoms with Gasteiger partial charge in [-0.05, 0) is 67.3 Å². The van der Waals surface area contributed by atoms with Crippen molar-refractivity contribution >= 4 is 30.1 Å². The Balaban J connectivity index is 1.28. The maximum Gasteiger partial charge on any atom is 0.334 e. The summed E-state index contributed by atoms with van der Waals surface area (Å²) in [7, 11) is 0. The summed E-state index contributed by atoms with van der Waals surface area (Å²) in [6.45, 7) is 1.01. The minimum atomic E-state index is -1.82. The van der Waals surface area contributed by atoms with Gasteiger partial charge in [-0.15, -0.1) is 0 Å². The monoisotopic (exact) mass is 684 g/mol. The number of phenolic OH excluding ortho intramolecular Hbond substituents is 3. The van der Waals surface area contributed by atoms with Gasteiger partial charge in [0.1, 0.15) is 42.4 Å². The standard InChI is InChI=1S/C34H36O15/c1-34(49-26(39)11-5-17-2-7-19(35)8-3-17)13-12-20-21(31(43)44)15-46-32(27(20)34)48-33-30(42)29(41)28(40)24(47-33)16-45-25(38)10-6-18-4-9-22(36)23(37)14-18/h2-11,14-15,20,24,27-30,32-33,35-37,40-42H,12-13,16H2,1H3,(H,43,44)/b10-6+,11-5+/t20-,24-,27-,28-,29+,30-,32+,33+,34+/m1/s1. The van der Waals surface area contributed by atoms with Crippen LogP contribution in [0.1, 0.15) is 30.9 Å². The maximum atomic E-state index is 12.9. The number of aliphatic carboxylic acids is 1. The number of phenols is 3. The lowest BCUT2D eigenvalue weighted by atomic mass is 9.81. The van der Waals surface area contributed by atoms with Crippen molar-refractivity contribution in [1.82, 2.24) is 0 Å². The van der Waals surface area contributed by atoms with Gasteiger partial charge in [-0.25, -0.2) is 14.4 Å². The molecule has 9 atom stereocenters. The number of aliphatic hydroxyl groups is 3. The van der Waals surface area contributed by atoms with E-state index < -0.39 is 84.7 Å². The van der Waals surface area contributed by atoms with Crippen LogP contribution >= 0.6 is 0 Å². The zero-order chi connectivity index (χ0) is 35.5. The highest BCUT2D eigenvalue weighted by Crippen LogP contribution is 2.51. The molecular weight excluding hydrogens is 648 g/mol. The van der Waals surface area contributed by atoms with Crippen LogP contribution in [0.3, 0.4) is 0 Å². The molecule has 15 heteroatoms. The molecule has 2 aromatic carbocycles. The molecule has 262 valence electrons. The van der Waals surface area contributed by atoms with Crippen LogP contribution in [0.15, 0.2) is 66.5 Å². The van der Waals surface area contributed by atoms with Crippen LogP contribution in [0.5, 0.6) is 17.2 Å². The van der Waals surface area contributed by atoms with Gasteiger partial charge in [0, 0.05) is 18.1 Å². The zero-order valence-electron chi connectivity index (χ0n) is 26.1. The zero-order valence-corrected chi connectivity index (χ0v) is 26.1. The number of carboxylic acid groups (broad SMARTS) is 1. The molecule has 15 nitrogen and oxygen atoms in total. The number of benzene rings is 2. The lowest BCUT2D eigenvalue weighted by Crippen LogP contribution is -2.61. The Morgan fingerprint density at radius 1 is 0.878 bits per heavy atom. The van der Waals surface area contributed by atoms with Crippen LogP contribution < -0.4 is 0 Å². The van der Waals surface area contributed by atoms with Crippen molar-refractivity contribution < 1.29 is 73.8 Å². The summed E-state index contributed by atoms with van der Waals surface area (Å²) in [5.74, 6) is -5.18. The minimum Gasteiger partial charge on any atom is -0.508 e. The fourth-order valence-electron chi connectivity index (χ4n) is 6.13. The number of carbonyl (C=O) groups is 3. The Morgan fingerprint density at radius 3 is 2.24 bits per heavy atom. The molecule has 2 aliphatic heterocycles. The SMILES string of the molecule is C[C@]1(OC(=O)/C=C/c2ccc(O)cc2)CC[C@@H]2C(C(=O)O)=CO[C@@H](O[C@@H]3O[C@H](COC(=O)/C=C/c4ccc(O)c(O)c4)[C@@H](O)[C@H](O)[C@H]3O)[C@@H]21. The van der Waals surface area contributed by atoms with Gasteiger partial charge >= 0.3 is 17.9 Å². The number of ether oxygens (including phenoxy) is 5. The Kier molecular flexibility index (Phi) is 10.6. The van der Waals surface area contributed by atoms with E-state index in [-0.39, 0.29) is 29.9 Å². The summed E-state index contributed by atoms with van der Waals surface area (Å²) < 4.78 is 28.3. The summed E-state index contributed by atoms with van der Waals surface area (Å²) >= 11 is 0. The smallest absolute Gasteiger partial charge is 0.334 e. The highest BCUT2D eigenvalue weighted by Gasteiger charge is 2.58. The molecular formula is C34H36O15. The average Bonchev–Trinajstić information content (AvgIpc) is 3.41. The molecule has 1 saturated carbocycles. The normalized spacial score (nSPS) is 31.1. The number of fused-ring (bicyclic) bond motifs is 1. The molecule has 0 radical (unpaired) electrons. The van der Waals surface area contributed by atoms with Gasteiger partial charge in [0.25, 0.3) is 0 Å².